The molecule has 1 spiro atoms. The van der Waals surface area contributed by atoms with Crippen molar-refractivity contribution in [2.75, 3.05) is 13.1 Å². The summed E-state index contributed by atoms with van der Waals surface area (Å²) in [7, 11) is 0. The molecular formula is C15H19ClN2O. The Morgan fingerprint density at radius 2 is 1.89 bits per heavy atom. The average molecular weight is 279 g/mol. The molecule has 0 unspecified atom stereocenters. The lowest BCUT2D eigenvalue weighted by molar-refractivity contribution is 0.0587. The van der Waals surface area contributed by atoms with Gasteiger partial charge < -0.3 is 4.90 Å². The minimum absolute atomic E-state index is 0.0333. The molecule has 1 aromatic rings. The summed E-state index contributed by atoms with van der Waals surface area (Å²) in [5.41, 5.74) is 1.07. The van der Waals surface area contributed by atoms with Crippen molar-refractivity contribution < 1.29 is 4.79 Å². The Morgan fingerprint density at radius 1 is 1.21 bits per heavy atom. The van der Waals surface area contributed by atoms with Gasteiger partial charge in [0, 0.05) is 25.5 Å². The molecule has 0 atom stereocenters. The molecule has 0 radical (unpaired) electrons. The van der Waals surface area contributed by atoms with Crippen LogP contribution in [-0.4, -0.2) is 28.9 Å². The zero-order valence-electron chi connectivity index (χ0n) is 11.1. The van der Waals surface area contributed by atoms with Gasteiger partial charge in [-0.3, -0.25) is 9.78 Å². The van der Waals surface area contributed by atoms with Crippen LogP contribution in [0, 0.1) is 5.41 Å². The molecule has 2 heterocycles. The molecule has 1 aliphatic carbocycles. The van der Waals surface area contributed by atoms with Gasteiger partial charge in [0.25, 0.3) is 5.91 Å². The first-order valence-corrected chi connectivity index (χ1v) is 7.47. The maximum absolute atomic E-state index is 12.4. The molecule has 1 amide bonds. The van der Waals surface area contributed by atoms with Crippen LogP contribution in [0.25, 0.3) is 0 Å². The third-order valence-corrected chi connectivity index (χ3v) is 5.10. The number of hydrogen-bond donors (Lipinski definition) is 0. The van der Waals surface area contributed by atoms with Crippen molar-refractivity contribution in [3.8, 4) is 0 Å². The van der Waals surface area contributed by atoms with E-state index < -0.39 is 0 Å². The maximum Gasteiger partial charge on any atom is 0.256 e. The normalized spacial score (nSPS) is 21.8. The van der Waals surface area contributed by atoms with E-state index >= 15 is 0 Å². The number of hydrogen-bond acceptors (Lipinski definition) is 2. The minimum atomic E-state index is 0.0333. The van der Waals surface area contributed by atoms with E-state index in [4.69, 9.17) is 11.6 Å². The van der Waals surface area contributed by atoms with Crippen molar-refractivity contribution >= 4 is 17.5 Å². The van der Waals surface area contributed by atoms with Crippen molar-refractivity contribution in [3.63, 3.8) is 0 Å². The Hall–Kier alpha value is -1.09. The van der Waals surface area contributed by atoms with E-state index in [1.807, 2.05) is 4.90 Å². The van der Waals surface area contributed by atoms with Gasteiger partial charge in [-0.15, -0.1) is 0 Å². The van der Waals surface area contributed by atoms with Gasteiger partial charge in [0.1, 0.15) is 0 Å². The number of likely N-dealkylation sites (tertiary alicyclic amines) is 1. The van der Waals surface area contributed by atoms with E-state index in [2.05, 4.69) is 4.98 Å². The Balaban J connectivity index is 1.68. The summed E-state index contributed by atoms with van der Waals surface area (Å²) >= 11 is 6.07. The summed E-state index contributed by atoms with van der Waals surface area (Å²) in [4.78, 5) is 18.4. The molecule has 0 aromatic carbocycles. The standard InChI is InChI=1S/C15H19ClN2O/c16-13-3-8-17-11-12(13)14(19)18-9-6-15(7-10-18)4-1-2-5-15/h3,8,11H,1-2,4-7,9-10H2. The highest BCUT2D eigenvalue weighted by atomic mass is 35.5. The van der Waals surface area contributed by atoms with Gasteiger partial charge in [-0.05, 0) is 37.2 Å². The second-order valence-electron chi connectivity index (χ2n) is 5.85. The molecule has 1 aromatic heterocycles. The van der Waals surface area contributed by atoms with Crippen LogP contribution in [0.2, 0.25) is 5.02 Å². The molecule has 1 saturated carbocycles. The largest absolute Gasteiger partial charge is 0.339 e. The second-order valence-corrected chi connectivity index (χ2v) is 6.26. The number of halogens is 1. The molecule has 19 heavy (non-hydrogen) atoms. The van der Waals surface area contributed by atoms with Crippen LogP contribution in [0.15, 0.2) is 18.5 Å². The van der Waals surface area contributed by atoms with Crippen molar-refractivity contribution in [1.82, 2.24) is 9.88 Å². The zero-order valence-corrected chi connectivity index (χ0v) is 11.8. The molecule has 1 saturated heterocycles. The third-order valence-electron chi connectivity index (χ3n) is 4.77. The Labute approximate surface area is 119 Å². The van der Waals surface area contributed by atoms with Crippen LogP contribution in [-0.2, 0) is 0 Å². The number of aromatic nitrogens is 1. The first kappa shape index (κ1) is 12.9. The predicted molar refractivity (Wildman–Crippen MR) is 75.3 cm³/mol. The minimum Gasteiger partial charge on any atom is -0.339 e. The number of nitrogens with zero attached hydrogens (tertiary/aromatic N) is 2. The van der Waals surface area contributed by atoms with E-state index in [9.17, 15) is 4.79 Å². The van der Waals surface area contributed by atoms with Crippen LogP contribution < -0.4 is 0 Å². The zero-order chi connectivity index (χ0) is 13.3. The van der Waals surface area contributed by atoms with Gasteiger partial charge >= 0.3 is 0 Å². The van der Waals surface area contributed by atoms with Gasteiger partial charge in [0.15, 0.2) is 0 Å². The maximum atomic E-state index is 12.4. The van der Waals surface area contributed by atoms with Crippen LogP contribution in [0.3, 0.4) is 0 Å². The van der Waals surface area contributed by atoms with Gasteiger partial charge in [-0.25, -0.2) is 0 Å². The highest BCUT2D eigenvalue weighted by Gasteiger charge is 2.38. The lowest BCUT2D eigenvalue weighted by atomic mass is 9.77. The number of amides is 1. The van der Waals surface area contributed by atoms with Gasteiger partial charge in [-0.2, -0.15) is 0 Å². The number of pyridine rings is 1. The Kier molecular flexibility index (Phi) is 3.48. The monoisotopic (exact) mass is 278 g/mol. The first-order chi connectivity index (χ1) is 9.20. The SMILES string of the molecule is O=C(c1cnccc1Cl)N1CCC2(CCCC2)CC1. The summed E-state index contributed by atoms with van der Waals surface area (Å²) in [5.74, 6) is 0.0333. The Bertz CT molecular complexity index is 473. The summed E-state index contributed by atoms with van der Waals surface area (Å²) < 4.78 is 0. The summed E-state index contributed by atoms with van der Waals surface area (Å²) in [6, 6.07) is 1.68. The van der Waals surface area contributed by atoms with Crippen molar-refractivity contribution in [3.05, 3.63) is 29.0 Å². The number of piperidine rings is 1. The quantitative estimate of drug-likeness (QED) is 0.787. The Morgan fingerprint density at radius 3 is 2.53 bits per heavy atom. The topological polar surface area (TPSA) is 33.2 Å². The van der Waals surface area contributed by atoms with Crippen LogP contribution in [0.4, 0.5) is 0 Å². The van der Waals surface area contributed by atoms with Gasteiger partial charge in [0.2, 0.25) is 0 Å². The lowest BCUT2D eigenvalue weighted by Gasteiger charge is -2.39. The van der Waals surface area contributed by atoms with E-state index in [1.54, 1.807) is 18.5 Å². The molecule has 1 aliphatic heterocycles. The van der Waals surface area contributed by atoms with E-state index in [0.29, 0.717) is 16.0 Å². The fourth-order valence-corrected chi connectivity index (χ4v) is 3.70. The van der Waals surface area contributed by atoms with Crippen molar-refractivity contribution in [1.29, 1.82) is 0 Å². The number of carbonyl (C=O) groups is 1. The van der Waals surface area contributed by atoms with Crippen molar-refractivity contribution in [2.24, 2.45) is 5.41 Å². The van der Waals surface area contributed by atoms with Crippen molar-refractivity contribution in [2.45, 2.75) is 38.5 Å². The van der Waals surface area contributed by atoms with Gasteiger partial charge in [-0.1, -0.05) is 24.4 Å². The van der Waals surface area contributed by atoms with Gasteiger partial charge in [0.05, 0.1) is 10.6 Å². The van der Waals surface area contributed by atoms with E-state index in [1.165, 1.54) is 25.7 Å². The molecule has 0 N–H and O–H groups in total. The highest BCUT2D eigenvalue weighted by molar-refractivity contribution is 6.33. The molecule has 4 heteroatoms. The highest BCUT2D eigenvalue weighted by Crippen LogP contribution is 2.46. The first-order valence-electron chi connectivity index (χ1n) is 7.09. The third kappa shape index (κ3) is 2.48. The average Bonchev–Trinajstić information content (AvgIpc) is 2.88. The number of carbonyl (C=O) groups excluding carboxylic acids is 1. The second kappa shape index (κ2) is 5.12. The molecule has 3 rings (SSSR count). The summed E-state index contributed by atoms with van der Waals surface area (Å²) in [6.07, 6.45) is 10.9. The molecule has 3 nitrogen and oxygen atoms in total. The summed E-state index contributed by atoms with van der Waals surface area (Å²) in [5, 5.41) is 0.501. The van der Waals surface area contributed by atoms with E-state index in [-0.39, 0.29) is 5.91 Å². The molecule has 102 valence electrons. The molecular weight excluding hydrogens is 260 g/mol. The fraction of sp³-hybridized carbons (Fsp3) is 0.600. The molecule has 0 bridgehead atoms. The van der Waals surface area contributed by atoms with Crippen LogP contribution >= 0.6 is 11.6 Å². The van der Waals surface area contributed by atoms with Crippen LogP contribution in [0.5, 0.6) is 0 Å². The van der Waals surface area contributed by atoms with E-state index in [0.717, 1.165) is 25.9 Å². The lowest BCUT2D eigenvalue weighted by Crippen LogP contribution is -2.42. The fourth-order valence-electron chi connectivity index (χ4n) is 3.51. The smallest absolute Gasteiger partial charge is 0.256 e. The number of rotatable bonds is 1. The van der Waals surface area contributed by atoms with Crippen LogP contribution in [0.1, 0.15) is 48.9 Å². The predicted octanol–water partition coefficient (Wildman–Crippen LogP) is 3.53. The molecule has 2 fully saturated rings. The molecule has 2 aliphatic rings. The summed E-state index contributed by atoms with van der Waals surface area (Å²) in [6.45, 7) is 1.73.